The van der Waals surface area contributed by atoms with Crippen LogP contribution in [-0.4, -0.2) is 80.2 Å². The molecule has 2 fully saturated rings. The number of benzene rings is 1. The van der Waals surface area contributed by atoms with E-state index >= 15 is 0 Å². The van der Waals surface area contributed by atoms with E-state index in [0.29, 0.717) is 17.0 Å². The van der Waals surface area contributed by atoms with Gasteiger partial charge in [-0.2, -0.15) is 15.1 Å². The summed E-state index contributed by atoms with van der Waals surface area (Å²) < 4.78 is 38.3. The number of fused-ring (bicyclic) bond motifs is 1. The van der Waals surface area contributed by atoms with Crippen LogP contribution in [0.3, 0.4) is 0 Å². The number of anilines is 2. The van der Waals surface area contributed by atoms with Crippen molar-refractivity contribution in [2.45, 2.75) is 70.2 Å². The zero-order valence-electron chi connectivity index (χ0n) is 23.9. The van der Waals surface area contributed by atoms with Gasteiger partial charge >= 0.3 is 13.7 Å². The number of esters is 1. The van der Waals surface area contributed by atoms with Gasteiger partial charge in [0.15, 0.2) is 23.2 Å². The molecule has 16 heteroatoms. The first-order chi connectivity index (χ1) is 19.9. The lowest BCUT2D eigenvalue weighted by Crippen LogP contribution is -2.52. The summed E-state index contributed by atoms with van der Waals surface area (Å²) in [6.07, 6.45) is -1.06. The van der Waals surface area contributed by atoms with E-state index < -0.39 is 50.3 Å². The van der Waals surface area contributed by atoms with Crippen LogP contribution in [0.25, 0.3) is 11.2 Å². The van der Waals surface area contributed by atoms with Crippen LogP contribution >= 0.6 is 7.75 Å². The minimum absolute atomic E-state index is 0.0680. The maximum atomic E-state index is 13.9. The highest BCUT2D eigenvalue weighted by Gasteiger charge is 2.53. The number of nitrogens with zero attached hydrogens (tertiary/aromatic N) is 5. The maximum absolute atomic E-state index is 13.9. The Hall–Kier alpha value is -3.33. The smallest absolute Gasteiger partial charge is 0.459 e. The van der Waals surface area contributed by atoms with E-state index in [-0.39, 0.29) is 17.8 Å². The Morgan fingerprint density at radius 2 is 1.98 bits per heavy atom. The molecule has 0 amide bonds. The molecule has 228 valence electrons. The third-order valence-electron chi connectivity index (χ3n) is 7.09. The highest BCUT2D eigenvalue weighted by molar-refractivity contribution is 7.52. The van der Waals surface area contributed by atoms with Gasteiger partial charge in [-0.05, 0) is 46.2 Å². The summed E-state index contributed by atoms with van der Waals surface area (Å²) in [5.74, 6) is 0.295. The third kappa shape index (κ3) is 6.07. The van der Waals surface area contributed by atoms with Crippen LogP contribution < -0.4 is 26.0 Å². The molecule has 0 spiro atoms. The average Bonchev–Trinajstić information content (AvgIpc) is 3.39. The monoisotopic (exact) mass is 604 g/mol. The number of para-hydroxylation sites is 1. The SMILES string of the molecule is CC(C)OC(=O)[C@H](C)NP(=O)(OC[C@H]1O[C@@H](n2cnc3c(N4CCC4)nc(N)nc32)[C@](C)(N)C1O)Oc1ccccc1. The van der Waals surface area contributed by atoms with E-state index in [0.717, 1.165) is 19.5 Å². The van der Waals surface area contributed by atoms with Gasteiger partial charge in [0.05, 0.1) is 24.6 Å². The van der Waals surface area contributed by atoms with Gasteiger partial charge in [0.25, 0.3) is 0 Å². The summed E-state index contributed by atoms with van der Waals surface area (Å²) in [5.41, 5.74) is 12.2. The molecule has 0 saturated carbocycles. The molecule has 2 saturated heterocycles. The number of rotatable bonds is 11. The summed E-state index contributed by atoms with van der Waals surface area (Å²) in [4.78, 5) is 27.7. The van der Waals surface area contributed by atoms with Gasteiger partial charge in [0.1, 0.15) is 24.0 Å². The minimum atomic E-state index is -4.20. The second-order valence-electron chi connectivity index (χ2n) is 10.9. The second-order valence-corrected chi connectivity index (χ2v) is 12.6. The van der Waals surface area contributed by atoms with Crippen molar-refractivity contribution in [1.82, 2.24) is 24.6 Å². The van der Waals surface area contributed by atoms with Crippen molar-refractivity contribution in [3.63, 3.8) is 0 Å². The Morgan fingerprint density at radius 1 is 1.26 bits per heavy atom. The van der Waals surface area contributed by atoms with E-state index in [9.17, 15) is 14.5 Å². The Morgan fingerprint density at radius 3 is 2.62 bits per heavy atom. The number of nitrogens with one attached hydrogen (secondary N) is 1. The molecule has 42 heavy (non-hydrogen) atoms. The number of nitrogen functional groups attached to an aromatic ring is 1. The molecule has 15 nitrogen and oxygen atoms in total. The zero-order valence-corrected chi connectivity index (χ0v) is 24.8. The summed E-state index contributed by atoms with van der Waals surface area (Å²) in [5, 5.41) is 13.8. The Kier molecular flexibility index (Phi) is 8.43. The number of carbonyl (C=O) groups is 1. The fourth-order valence-electron chi connectivity index (χ4n) is 4.77. The van der Waals surface area contributed by atoms with Crippen molar-refractivity contribution in [2.24, 2.45) is 5.73 Å². The van der Waals surface area contributed by atoms with Crippen molar-refractivity contribution in [3.05, 3.63) is 36.7 Å². The number of ether oxygens (including phenoxy) is 2. The number of hydrogen-bond donors (Lipinski definition) is 4. The lowest BCUT2D eigenvalue weighted by atomic mass is 9.93. The highest BCUT2D eigenvalue weighted by atomic mass is 31.2. The molecule has 0 radical (unpaired) electrons. The van der Waals surface area contributed by atoms with Crippen LogP contribution in [0.15, 0.2) is 36.7 Å². The number of imidazole rings is 1. The van der Waals surface area contributed by atoms with Gasteiger partial charge in [-0.1, -0.05) is 18.2 Å². The standard InChI is InChI=1S/C26H37N8O7P/c1-15(2)39-23(36)16(3)32-42(37,41-17-9-6-5-7-10-17)38-13-18-20(35)26(4,28)24(40-18)34-14-29-19-21(33-11-8-12-33)30-25(27)31-22(19)34/h5-7,9-10,14-16,18,20,24,35H,8,11-13,28H2,1-4H3,(H,32,37)(H2,27,30,31)/t16-,18+,20?,24+,26+,42?/m0/s1. The zero-order chi connectivity index (χ0) is 30.2. The molecule has 5 rings (SSSR count). The first kappa shape index (κ1) is 30.1. The van der Waals surface area contributed by atoms with Crippen molar-refractivity contribution in [3.8, 4) is 5.75 Å². The fraction of sp³-hybridized carbons (Fsp3) is 0.538. The summed E-state index contributed by atoms with van der Waals surface area (Å²) in [6, 6.07) is 7.31. The fourth-order valence-corrected chi connectivity index (χ4v) is 6.28. The van der Waals surface area contributed by atoms with Crippen LogP contribution in [0.2, 0.25) is 0 Å². The topological polar surface area (TPSA) is 202 Å². The van der Waals surface area contributed by atoms with E-state index in [4.69, 9.17) is 30.0 Å². The molecule has 4 heterocycles. The van der Waals surface area contributed by atoms with Crippen LogP contribution in [0.1, 0.15) is 40.3 Å². The van der Waals surface area contributed by atoms with Gasteiger partial charge in [0.2, 0.25) is 5.95 Å². The first-order valence-electron chi connectivity index (χ1n) is 13.7. The predicted octanol–water partition coefficient (Wildman–Crippen LogP) is 1.73. The molecule has 2 aliphatic heterocycles. The van der Waals surface area contributed by atoms with Crippen LogP contribution in [0.4, 0.5) is 11.8 Å². The molecular formula is C26H37N8O7P. The van der Waals surface area contributed by atoms with Crippen molar-refractivity contribution < 1.29 is 33.0 Å². The van der Waals surface area contributed by atoms with Crippen LogP contribution in [0.5, 0.6) is 5.75 Å². The van der Waals surface area contributed by atoms with Crippen molar-refractivity contribution in [1.29, 1.82) is 0 Å². The summed E-state index contributed by atoms with van der Waals surface area (Å²) in [7, 11) is -4.20. The van der Waals surface area contributed by atoms with E-state index in [1.165, 1.54) is 13.3 Å². The quantitative estimate of drug-likeness (QED) is 0.182. The molecule has 2 aromatic heterocycles. The first-order valence-corrected chi connectivity index (χ1v) is 15.3. The molecule has 3 aromatic rings. The van der Waals surface area contributed by atoms with Crippen molar-refractivity contribution in [2.75, 3.05) is 30.3 Å². The van der Waals surface area contributed by atoms with Crippen LogP contribution in [-0.2, 0) is 23.4 Å². The maximum Gasteiger partial charge on any atom is 0.459 e. The van der Waals surface area contributed by atoms with E-state index in [1.807, 2.05) is 0 Å². The van der Waals surface area contributed by atoms with E-state index in [1.54, 1.807) is 55.7 Å². The molecular weight excluding hydrogens is 567 g/mol. The second kappa shape index (κ2) is 11.7. The molecule has 6 N–H and O–H groups in total. The summed E-state index contributed by atoms with van der Waals surface area (Å²) >= 11 is 0. The van der Waals surface area contributed by atoms with Gasteiger partial charge in [0, 0.05) is 13.1 Å². The van der Waals surface area contributed by atoms with Gasteiger partial charge in [-0.15, -0.1) is 0 Å². The Balaban J connectivity index is 1.37. The number of carbonyl (C=O) groups excluding carboxylic acids is 1. The van der Waals surface area contributed by atoms with Crippen molar-refractivity contribution >= 4 is 36.6 Å². The van der Waals surface area contributed by atoms with Crippen LogP contribution in [0, 0.1) is 0 Å². The number of hydrogen-bond acceptors (Lipinski definition) is 13. The number of aliphatic hydroxyl groups excluding tert-OH is 1. The summed E-state index contributed by atoms with van der Waals surface area (Å²) in [6.45, 7) is 7.78. The van der Waals surface area contributed by atoms with Gasteiger partial charge < -0.3 is 35.5 Å². The molecule has 6 atom stereocenters. The van der Waals surface area contributed by atoms with Gasteiger partial charge in [-0.3, -0.25) is 13.9 Å². The lowest BCUT2D eigenvalue weighted by molar-refractivity contribution is -0.149. The largest absolute Gasteiger partial charge is 0.462 e. The minimum Gasteiger partial charge on any atom is -0.462 e. The normalized spacial score (nSPS) is 26.2. The predicted molar refractivity (Wildman–Crippen MR) is 154 cm³/mol. The Labute approximate surface area is 243 Å². The molecule has 0 bridgehead atoms. The number of aliphatic hydroxyl groups is 1. The number of aromatic nitrogens is 4. The number of nitrogens with two attached hydrogens (primary N) is 2. The molecule has 0 aliphatic carbocycles. The molecule has 2 aliphatic rings. The average molecular weight is 605 g/mol. The third-order valence-corrected chi connectivity index (χ3v) is 8.73. The Bertz CT molecular complexity index is 1470. The highest BCUT2D eigenvalue weighted by Crippen LogP contribution is 2.47. The molecule has 2 unspecified atom stereocenters. The molecule has 1 aromatic carbocycles. The van der Waals surface area contributed by atoms with Gasteiger partial charge in [-0.25, -0.2) is 9.55 Å². The lowest BCUT2D eigenvalue weighted by Gasteiger charge is -2.32. The van der Waals surface area contributed by atoms with E-state index in [2.05, 4.69) is 24.9 Å².